The van der Waals surface area contributed by atoms with Crippen LogP contribution >= 0.6 is 31.9 Å². The molecule has 0 heterocycles. The highest BCUT2D eigenvalue weighted by atomic mass is 79.9. The molecule has 0 saturated heterocycles. The first-order valence-electron chi connectivity index (χ1n) is 8.65. The number of hydrogen-bond acceptors (Lipinski definition) is 2. The molecule has 26 heavy (non-hydrogen) atoms. The van der Waals surface area contributed by atoms with Gasteiger partial charge in [0.25, 0.3) is 11.8 Å². The van der Waals surface area contributed by atoms with E-state index in [2.05, 4.69) is 42.5 Å². The van der Waals surface area contributed by atoms with Gasteiger partial charge < -0.3 is 10.6 Å². The van der Waals surface area contributed by atoms with Crippen LogP contribution in [0.25, 0.3) is 0 Å². The third kappa shape index (κ3) is 4.74. The van der Waals surface area contributed by atoms with Crippen molar-refractivity contribution in [2.24, 2.45) is 0 Å². The predicted molar refractivity (Wildman–Crippen MR) is 109 cm³/mol. The molecular formula is C20H20Br2N2O2. The molecule has 2 aromatic carbocycles. The van der Waals surface area contributed by atoms with E-state index in [1.807, 2.05) is 48.5 Å². The molecule has 3 rings (SSSR count). The molecule has 1 aliphatic carbocycles. The Bertz CT molecular complexity index is 734. The summed E-state index contributed by atoms with van der Waals surface area (Å²) in [5.74, 6) is -0.114. The van der Waals surface area contributed by atoms with Gasteiger partial charge in [-0.1, -0.05) is 24.3 Å². The Kier molecular flexibility index (Phi) is 6.48. The van der Waals surface area contributed by atoms with Gasteiger partial charge in [-0.2, -0.15) is 0 Å². The summed E-state index contributed by atoms with van der Waals surface area (Å²) in [5, 5.41) is 6.20. The maximum atomic E-state index is 12.4. The van der Waals surface area contributed by atoms with Gasteiger partial charge in [0.1, 0.15) is 0 Å². The van der Waals surface area contributed by atoms with Crippen molar-refractivity contribution in [2.75, 3.05) is 0 Å². The van der Waals surface area contributed by atoms with E-state index in [4.69, 9.17) is 0 Å². The van der Waals surface area contributed by atoms with Crippen LogP contribution in [-0.4, -0.2) is 23.9 Å². The first kappa shape index (κ1) is 19.1. The number of hydrogen-bond donors (Lipinski definition) is 2. The van der Waals surface area contributed by atoms with Gasteiger partial charge in [-0.25, -0.2) is 0 Å². The van der Waals surface area contributed by atoms with Crippen molar-refractivity contribution in [3.8, 4) is 0 Å². The third-order valence-corrected chi connectivity index (χ3v) is 6.02. The quantitative estimate of drug-likeness (QED) is 0.668. The van der Waals surface area contributed by atoms with E-state index in [0.29, 0.717) is 11.1 Å². The zero-order valence-electron chi connectivity index (χ0n) is 14.2. The average molecular weight is 480 g/mol. The second kappa shape index (κ2) is 8.82. The lowest BCUT2D eigenvalue weighted by atomic mass is 9.90. The molecule has 0 aromatic heterocycles. The lowest BCUT2D eigenvalue weighted by Crippen LogP contribution is -2.43. The van der Waals surface area contributed by atoms with Crippen LogP contribution in [0.2, 0.25) is 0 Å². The fourth-order valence-electron chi connectivity index (χ4n) is 3.20. The summed E-state index contributed by atoms with van der Waals surface area (Å²) >= 11 is 6.83. The van der Waals surface area contributed by atoms with E-state index in [-0.39, 0.29) is 23.9 Å². The molecule has 2 aromatic rings. The van der Waals surface area contributed by atoms with Gasteiger partial charge in [-0.05, 0) is 81.8 Å². The van der Waals surface area contributed by atoms with Gasteiger partial charge in [0.15, 0.2) is 0 Å². The Balaban J connectivity index is 1.50. The number of amides is 2. The minimum Gasteiger partial charge on any atom is -0.349 e. The standard InChI is InChI=1S/C20H20Br2N2O2/c21-17-7-3-1-5-15(17)19(25)23-13-9-11-14(12-10-13)24-20(26)16-6-2-4-8-18(16)22/h1-8,13-14H,9-12H2,(H,23,25)(H,24,26). The maximum absolute atomic E-state index is 12.4. The Morgan fingerprint density at radius 3 is 1.38 bits per heavy atom. The van der Waals surface area contributed by atoms with Crippen LogP contribution in [0.5, 0.6) is 0 Å². The summed E-state index contributed by atoms with van der Waals surface area (Å²) in [6.45, 7) is 0. The molecule has 0 spiro atoms. The Morgan fingerprint density at radius 2 is 1.04 bits per heavy atom. The third-order valence-electron chi connectivity index (χ3n) is 4.63. The van der Waals surface area contributed by atoms with Gasteiger partial charge in [0.2, 0.25) is 0 Å². The van der Waals surface area contributed by atoms with Gasteiger partial charge in [0.05, 0.1) is 11.1 Å². The molecule has 2 amide bonds. The molecular weight excluding hydrogens is 460 g/mol. The Hall–Kier alpha value is -1.66. The van der Waals surface area contributed by atoms with Crippen LogP contribution < -0.4 is 10.6 Å². The molecule has 136 valence electrons. The fourth-order valence-corrected chi connectivity index (χ4v) is 4.13. The molecule has 0 unspecified atom stereocenters. The topological polar surface area (TPSA) is 58.2 Å². The lowest BCUT2D eigenvalue weighted by Gasteiger charge is -2.30. The highest BCUT2D eigenvalue weighted by Crippen LogP contribution is 2.22. The monoisotopic (exact) mass is 478 g/mol. The zero-order valence-corrected chi connectivity index (χ0v) is 17.3. The summed E-state index contributed by atoms with van der Waals surface area (Å²) in [5.41, 5.74) is 1.30. The average Bonchev–Trinajstić information content (AvgIpc) is 2.64. The molecule has 1 fully saturated rings. The number of benzene rings is 2. The van der Waals surface area contributed by atoms with E-state index in [0.717, 1.165) is 34.6 Å². The van der Waals surface area contributed by atoms with Gasteiger partial charge in [-0.3, -0.25) is 9.59 Å². The SMILES string of the molecule is O=C(NC1CCC(NC(=O)c2ccccc2Br)CC1)c1ccccc1Br. The minimum absolute atomic E-state index is 0.0572. The van der Waals surface area contributed by atoms with Crippen molar-refractivity contribution in [1.29, 1.82) is 0 Å². The summed E-state index contributed by atoms with van der Waals surface area (Å²) in [4.78, 5) is 24.8. The smallest absolute Gasteiger partial charge is 0.252 e. The predicted octanol–water partition coefficient (Wildman–Crippen LogP) is 4.68. The van der Waals surface area contributed by atoms with E-state index in [1.54, 1.807) is 0 Å². The van der Waals surface area contributed by atoms with Crippen LogP contribution in [0, 0.1) is 0 Å². The first-order chi connectivity index (χ1) is 12.5. The Morgan fingerprint density at radius 1 is 0.692 bits per heavy atom. The number of rotatable bonds is 4. The highest BCUT2D eigenvalue weighted by molar-refractivity contribution is 9.10. The fraction of sp³-hybridized carbons (Fsp3) is 0.300. The van der Waals surface area contributed by atoms with Crippen molar-refractivity contribution in [1.82, 2.24) is 10.6 Å². The molecule has 1 aliphatic rings. The second-order valence-corrected chi connectivity index (χ2v) is 8.16. The number of carbonyl (C=O) groups is 2. The molecule has 2 N–H and O–H groups in total. The number of nitrogens with one attached hydrogen (secondary N) is 2. The van der Waals surface area contributed by atoms with Crippen molar-refractivity contribution in [2.45, 2.75) is 37.8 Å². The molecule has 6 heteroatoms. The van der Waals surface area contributed by atoms with E-state index < -0.39 is 0 Å². The zero-order chi connectivity index (χ0) is 18.5. The van der Waals surface area contributed by atoms with Crippen molar-refractivity contribution < 1.29 is 9.59 Å². The first-order valence-corrected chi connectivity index (χ1v) is 10.2. The summed E-state index contributed by atoms with van der Waals surface area (Å²) in [6.07, 6.45) is 3.43. The van der Waals surface area contributed by atoms with Crippen LogP contribution in [0.1, 0.15) is 46.4 Å². The van der Waals surface area contributed by atoms with E-state index in [1.165, 1.54) is 0 Å². The number of halogens is 2. The minimum atomic E-state index is -0.0572. The normalized spacial score (nSPS) is 19.6. The Labute approximate surface area is 170 Å². The van der Waals surface area contributed by atoms with E-state index >= 15 is 0 Å². The van der Waals surface area contributed by atoms with Crippen molar-refractivity contribution >= 4 is 43.7 Å². The molecule has 1 saturated carbocycles. The van der Waals surface area contributed by atoms with Gasteiger partial charge in [0, 0.05) is 21.0 Å². The van der Waals surface area contributed by atoms with E-state index in [9.17, 15) is 9.59 Å². The lowest BCUT2D eigenvalue weighted by molar-refractivity contribution is 0.0891. The summed E-state index contributed by atoms with van der Waals surface area (Å²) in [7, 11) is 0. The largest absolute Gasteiger partial charge is 0.349 e. The maximum Gasteiger partial charge on any atom is 0.252 e. The molecule has 0 aliphatic heterocycles. The molecule has 4 nitrogen and oxygen atoms in total. The molecule has 0 radical (unpaired) electrons. The van der Waals surface area contributed by atoms with Crippen LogP contribution in [0.3, 0.4) is 0 Å². The number of carbonyl (C=O) groups excluding carboxylic acids is 2. The van der Waals surface area contributed by atoms with Crippen LogP contribution in [0.15, 0.2) is 57.5 Å². The molecule has 0 bridgehead atoms. The van der Waals surface area contributed by atoms with Crippen molar-refractivity contribution in [3.63, 3.8) is 0 Å². The van der Waals surface area contributed by atoms with Crippen LogP contribution in [-0.2, 0) is 0 Å². The second-order valence-electron chi connectivity index (χ2n) is 6.46. The highest BCUT2D eigenvalue weighted by Gasteiger charge is 2.25. The van der Waals surface area contributed by atoms with Gasteiger partial charge >= 0.3 is 0 Å². The van der Waals surface area contributed by atoms with Crippen molar-refractivity contribution in [3.05, 3.63) is 68.6 Å². The molecule has 0 atom stereocenters. The van der Waals surface area contributed by atoms with Crippen LogP contribution in [0.4, 0.5) is 0 Å². The summed E-state index contributed by atoms with van der Waals surface area (Å²) in [6, 6.07) is 15.1. The summed E-state index contributed by atoms with van der Waals surface area (Å²) < 4.78 is 1.60. The van der Waals surface area contributed by atoms with Gasteiger partial charge in [-0.15, -0.1) is 0 Å².